The van der Waals surface area contributed by atoms with Crippen molar-refractivity contribution in [3.05, 3.63) is 57.2 Å². The third kappa shape index (κ3) is 6.84. The lowest BCUT2D eigenvalue weighted by Crippen LogP contribution is -2.17. The van der Waals surface area contributed by atoms with Crippen molar-refractivity contribution < 1.29 is 23.8 Å². The monoisotopic (exact) mass is 496 g/mol. The molecular formula is C20H21IN2O5. The van der Waals surface area contributed by atoms with Gasteiger partial charge in [-0.1, -0.05) is 0 Å². The fourth-order valence-corrected chi connectivity index (χ4v) is 2.52. The van der Waals surface area contributed by atoms with Gasteiger partial charge in [-0.25, -0.2) is 10.2 Å². The van der Waals surface area contributed by atoms with Gasteiger partial charge in [0.1, 0.15) is 0 Å². The molecule has 0 unspecified atom stereocenters. The molecule has 2 rings (SSSR count). The maximum absolute atomic E-state index is 12.1. The first kappa shape index (κ1) is 21.7. The molecule has 0 aliphatic rings. The van der Waals surface area contributed by atoms with Crippen LogP contribution in [0, 0.1) is 3.57 Å². The third-order valence-corrected chi connectivity index (χ3v) is 4.12. The number of rotatable bonds is 9. The van der Waals surface area contributed by atoms with Crippen LogP contribution in [0.15, 0.2) is 47.6 Å². The fourth-order valence-electron chi connectivity index (χ4n) is 2.16. The van der Waals surface area contributed by atoms with Gasteiger partial charge in [-0.2, -0.15) is 5.10 Å². The molecule has 0 saturated carbocycles. The summed E-state index contributed by atoms with van der Waals surface area (Å²) in [6, 6.07) is 12.3. The first-order valence-electron chi connectivity index (χ1n) is 8.67. The van der Waals surface area contributed by atoms with Crippen LogP contribution in [0.3, 0.4) is 0 Å². The molecule has 0 bridgehead atoms. The lowest BCUT2D eigenvalue weighted by molar-refractivity contribution is -0.145. The van der Waals surface area contributed by atoms with Gasteiger partial charge in [0.25, 0.3) is 5.91 Å². The Hall–Kier alpha value is -2.62. The molecule has 0 heterocycles. The zero-order valence-corrected chi connectivity index (χ0v) is 17.8. The smallest absolute Gasteiger partial charge is 0.344 e. The molecule has 1 N–H and O–H groups in total. The van der Waals surface area contributed by atoms with E-state index in [1.165, 1.54) is 6.21 Å². The Morgan fingerprint density at radius 2 is 1.79 bits per heavy atom. The van der Waals surface area contributed by atoms with Crippen molar-refractivity contribution >= 4 is 40.7 Å². The van der Waals surface area contributed by atoms with Gasteiger partial charge >= 0.3 is 5.97 Å². The Bertz CT molecular complexity index is 837. The molecule has 2 aromatic carbocycles. The van der Waals surface area contributed by atoms with Gasteiger partial charge in [0, 0.05) is 9.13 Å². The maximum Gasteiger partial charge on any atom is 0.344 e. The normalized spacial score (nSPS) is 10.5. The SMILES string of the molecule is CCOC(=O)COc1ccc(/C=N\NC(=O)c2ccc(I)cc2)cc1OCC. The molecule has 0 saturated heterocycles. The Labute approximate surface area is 177 Å². The van der Waals surface area contributed by atoms with Crippen LogP contribution in [0.4, 0.5) is 0 Å². The minimum Gasteiger partial charge on any atom is -0.490 e. The number of nitrogens with one attached hydrogen (secondary N) is 1. The van der Waals surface area contributed by atoms with E-state index in [1.807, 2.05) is 19.1 Å². The second-order valence-electron chi connectivity index (χ2n) is 5.44. The van der Waals surface area contributed by atoms with E-state index < -0.39 is 5.97 Å². The predicted molar refractivity (Wildman–Crippen MR) is 114 cm³/mol. The zero-order valence-electron chi connectivity index (χ0n) is 15.6. The van der Waals surface area contributed by atoms with Crippen molar-refractivity contribution in [1.82, 2.24) is 5.43 Å². The van der Waals surface area contributed by atoms with Crippen LogP contribution < -0.4 is 14.9 Å². The number of carbonyl (C=O) groups is 2. The minimum absolute atomic E-state index is 0.201. The molecule has 28 heavy (non-hydrogen) atoms. The van der Waals surface area contributed by atoms with Gasteiger partial charge in [-0.15, -0.1) is 0 Å². The Morgan fingerprint density at radius 1 is 1.04 bits per heavy atom. The van der Waals surface area contributed by atoms with Crippen molar-refractivity contribution in [2.24, 2.45) is 5.10 Å². The number of halogens is 1. The lowest BCUT2D eigenvalue weighted by atomic mass is 10.2. The molecule has 0 radical (unpaired) electrons. The van der Waals surface area contributed by atoms with Gasteiger partial charge in [-0.3, -0.25) is 4.79 Å². The van der Waals surface area contributed by atoms with Crippen molar-refractivity contribution in [2.75, 3.05) is 19.8 Å². The van der Waals surface area contributed by atoms with Gasteiger partial charge in [0.05, 0.1) is 19.4 Å². The van der Waals surface area contributed by atoms with E-state index in [1.54, 1.807) is 37.3 Å². The van der Waals surface area contributed by atoms with Gasteiger partial charge in [0.15, 0.2) is 18.1 Å². The van der Waals surface area contributed by atoms with E-state index in [-0.39, 0.29) is 12.5 Å². The van der Waals surface area contributed by atoms with E-state index in [9.17, 15) is 9.59 Å². The summed E-state index contributed by atoms with van der Waals surface area (Å²) < 4.78 is 16.9. The summed E-state index contributed by atoms with van der Waals surface area (Å²) in [4.78, 5) is 23.5. The van der Waals surface area contributed by atoms with Crippen LogP contribution in [-0.2, 0) is 9.53 Å². The molecule has 0 aromatic heterocycles. The highest BCUT2D eigenvalue weighted by molar-refractivity contribution is 14.1. The summed E-state index contributed by atoms with van der Waals surface area (Å²) in [5.41, 5.74) is 3.71. The topological polar surface area (TPSA) is 86.2 Å². The van der Waals surface area contributed by atoms with E-state index >= 15 is 0 Å². The summed E-state index contributed by atoms with van der Waals surface area (Å²) in [6.07, 6.45) is 1.50. The predicted octanol–water partition coefficient (Wildman–Crippen LogP) is 3.40. The minimum atomic E-state index is -0.450. The highest BCUT2D eigenvalue weighted by Crippen LogP contribution is 2.28. The largest absolute Gasteiger partial charge is 0.490 e. The molecule has 1 amide bonds. The highest BCUT2D eigenvalue weighted by atomic mass is 127. The third-order valence-electron chi connectivity index (χ3n) is 3.40. The highest BCUT2D eigenvalue weighted by Gasteiger charge is 2.09. The first-order chi connectivity index (χ1) is 13.5. The Morgan fingerprint density at radius 3 is 2.46 bits per heavy atom. The molecule has 2 aromatic rings. The number of hydrogen-bond donors (Lipinski definition) is 1. The number of hydrazone groups is 1. The molecule has 148 valence electrons. The van der Waals surface area contributed by atoms with Gasteiger partial charge in [0.2, 0.25) is 0 Å². The quantitative estimate of drug-likeness (QED) is 0.249. The molecule has 0 fully saturated rings. The molecular weight excluding hydrogens is 475 g/mol. The van der Waals surface area contributed by atoms with Gasteiger partial charge in [-0.05, 0) is 84.5 Å². The Balaban J connectivity index is 2.01. The summed E-state index contributed by atoms with van der Waals surface area (Å²) >= 11 is 2.17. The van der Waals surface area contributed by atoms with E-state index in [4.69, 9.17) is 14.2 Å². The standard InChI is InChI=1S/C20H21IN2O5/c1-3-26-18-11-14(5-10-17(18)28-13-19(24)27-4-2)12-22-23-20(25)15-6-8-16(21)9-7-15/h5-12H,3-4,13H2,1-2H3,(H,23,25)/b22-12-. The van der Waals surface area contributed by atoms with E-state index in [0.29, 0.717) is 35.8 Å². The van der Waals surface area contributed by atoms with Crippen LogP contribution in [0.1, 0.15) is 29.8 Å². The number of benzene rings is 2. The number of carbonyl (C=O) groups excluding carboxylic acids is 2. The lowest BCUT2D eigenvalue weighted by Gasteiger charge is -2.12. The number of hydrogen-bond acceptors (Lipinski definition) is 6. The number of nitrogens with zero attached hydrogens (tertiary/aromatic N) is 1. The molecule has 0 atom stereocenters. The number of amides is 1. The van der Waals surface area contributed by atoms with Gasteiger partial charge < -0.3 is 14.2 Å². The second kappa shape index (κ2) is 11.3. The summed E-state index contributed by atoms with van der Waals surface area (Å²) in [7, 11) is 0. The first-order valence-corrected chi connectivity index (χ1v) is 9.75. The molecule has 0 aliphatic heterocycles. The van der Waals surface area contributed by atoms with Crippen molar-refractivity contribution in [3.63, 3.8) is 0 Å². The van der Waals surface area contributed by atoms with Crippen molar-refractivity contribution in [3.8, 4) is 11.5 Å². The molecule has 8 heteroatoms. The van der Waals surface area contributed by atoms with E-state index in [2.05, 4.69) is 33.1 Å². The average Bonchev–Trinajstić information content (AvgIpc) is 2.68. The Kier molecular flexibility index (Phi) is 8.73. The molecule has 0 aliphatic carbocycles. The summed E-state index contributed by atoms with van der Waals surface area (Å²) in [5.74, 6) is 0.149. The average molecular weight is 496 g/mol. The number of esters is 1. The second-order valence-corrected chi connectivity index (χ2v) is 6.68. The number of ether oxygens (including phenoxy) is 3. The molecule has 7 nitrogen and oxygen atoms in total. The van der Waals surface area contributed by atoms with Crippen molar-refractivity contribution in [1.29, 1.82) is 0 Å². The zero-order chi connectivity index (χ0) is 20.4. The fraction of sp³-hybridized carbons (Fsp3) is 0.250. The summed E-state index contributed by atoms with van der Waals surface area (Å²) in [5, 5.41) is 3.97. The van der Waals surface area contributed by atoms with Crippen LogP contribution in [0.5, 0.6) is 11.5 Å². The van der Waals surface area contributed by atoms with Crippen molar-refractivity contribution in [2.45, 2.75) is 13.8 Å². The van der Waals surface area contributed by atoms with Crippen LogP contribution in [-0.4, -0.2) is 37.9 Å². The van der Waals surface area contributed by atoms with Crippen LogP contribution in [0.2, 0.25) is 0 Å². The maximum atomic E-state index is 12.1. The van der Waals surface area contributed by atoms with Crippen LogP contribution >= 0.6 is 22.6 Å². The molecule has 0 spiro atoms. The summed E-state index contributed by atoms with van der Waals surface area (Å²) in [6.45, 7) is 4.10. The van der Waals surface area contributed by atoms with Crippen LogP contribution in [0.25, 0.3) is 0 Å². The van der Waals surface area contributed by atoms with E-state index in [0.717, 1.165) is 3.57 Å².